The summed E-state index contributed by atoms with van der Waals surface area (Å²) in [6, 6.07) is 4.47. The van der Waals surface area contributed by atoms with Crippen LogP contribution in [0.2, 0.25) is 0 Å². The average molecular weight is 264 g/mol. The molecule has 0 aliphatic rings. The van der Waals surface area contributed by atoms with E-state index in [1.165, 1.54) is 19.1 Å². The fraction of sp³-hybridized carbons (Fsp3) is 0.357. The van der Waals surface area contributed by atoms with Gasteiger partial charge >= 0.3 is 0 Å². The van der Waals surface area contributed by atoms with Gasteiger partial charge in [-0.3, -0.25) is 0 Å². The van der Waals surface area contributed by atoms with Crippen molar-refractivity contribution in [1.82, 2.24) is 9.55 Å². The van der Waals surface area contributed by atoms with Gasteiger partial charge < -0.3 is 14.4 Å². The summed E-state index contributed by atoms with van der Waals surface area (Å²) >= 11 is 0. The van der Waals surface area contributed by atoms with Gasteiger partial charge in [-0.25, -0.2) is 9.37 Å². The molecule has 0 spiro atoms. The van der Waals surface area contributed by atoms with Gasteiger partial charge in [-0.05, 0) is 26.0 Å². The van der Waals surface area contributed by atoms with Gasteiger partial charge in [0.25, 0.3) is 0 Å². The first-order valence-electron chi connectivity index (χ1n) is 6.21. The van der Waals surface area contributed by atoms with E-state index >= 15 is 0 Å². The Balaban J connectivity index is 2.06. The van der Waals surface area contributed by atoms with Crippen molar-refractivity contribution in [2.24, 2.45) is 0 Å². The lowest BCUT2D eigenvalue weighted by atomic mass is 10.1. The number of aromatic nitrogens is 2. The molecule has 0 amide bonds. The van der Waals surface area contributed by atoms with Crippen LogP contribution >= 0.6 is 0 Å². The number of ether oxygens (including phenoxy) is 1. The highest BCUT2D eigenvalue weighted by atomic mass is 19.1. The second kappa shape index (κ2) is 5.84. The number of imidazole rings is 1. The van der Waals surface area contributed by atoms with Gasteiger partial charge in [0.15, 0.2) is 0 Å². The molecule has 4 nitrogen and oxygen atoms in total. The number of hydrogen-bond donors (Lipinski definition) is 1. The summed E-state index contributed by atoms with van der Waals surface area (Å²) in [5.74, 6) is -0.0257. The van der Waals surface area contributed by atoms with Gasteiger partial charge in [0.2, 0.25) is 0 Å². The first-order valence-corrected chi connectivity index (χ1v) is 6.21. The summed E-state index contributed by atoms with van der Waals surface area (Å²) < 4.78 is 21.1. The lowest BCUT2D eigenvalue weighted by Crippen LogP contribution is -2.04. The minimum Gasteiger partial charge on any atom is -0.487 e. The van der Waals surface area contributed by atoms with E-state index in [-0.39, 0.29) is 5.56 Å². The normalized spacial score (nSPS) is 12.4. The molecule has 2 rings (SSSR count). The van der Waals surface area contributed by atoms with Crippen LogP contribution in [0.3, 0.4) is 0 Å². The zero-order valence-corrected chi connectivity index (χ0v) is 11.0. The molecule has 0 fully saturated rings. The van der Waals surface area contributed by atoms with Crippen molar-refractivity contribution in [3.63, 3.8) is 0 Å². The molecular weight excluding hydrogens is 247 g/mol. The standard InChI is InChI=1S/C14H17FN2O2/c1-3-17-9-16-7-11(17)8-19-12-4-5-13(10(2)18)14(15)6-12/h4-7,9-10,18H,3,8H2,1-2H3. The van der Waals surface area contributed by atoms with E-state index in [2.05, 4.69) is 4.98 Å². The van der Waals surface area contributed by atoms with E-state index in [4.69, 9.17) is 4.74 Å². The van der Waals surface area contributed by atoms with Gasteiger partial charge in [-0.2, -0.15) is 0 Å². The second-order valence-electron chi connectivity index (χ2n) is 4.32. The quantitative estimate of drug-likeness (QED) is 0.903. The van der Waals surface area contributed by atoms with E-state index < -0.39 is 11.9 Å². The maximum atomic E-state index is 13.7. The molecule has 0 saturated carbocycles. The van der Waals surface area contributed by atoms with Gasteiger partial charge in [0, 0.05) is 18.2 Å². The molecule has 0 radical (unpaired) electrons. The van der Waals surface area contributed by atoms with Crippen LogP contribution < -0.4 is 4.74 Å². The topological polar surface area (TPSA) is 47.3 Å². The summed E-state index contributed by atoms with van der Waals surface area (Å²) in [4.78, 5) is 4.04. The van der Waals surface area contributed by atoms with Crippen LogP contribution in [-0.4, -0.2) is 14.7 Å². The Hall–Kier alpha value is -1.88. The fourth-order valence-electron chi connectivity index (χ4n) is 1.85. The van der Waals surface area contributed by atoms with Crippen LogP contribution in [0.4, 0.5) is 4.39 Å². The molecule has 5 heteroatoms. The van der Waals surface area contributed by atoms with Crippen molar-refractivity contribution in [3.8, 4) is 5.75 Å². The number of rotatable bonds is 5. The number of aliphatic hydroxyl groups is 1. The molecule has 0 bridgehead atoms. The van der Waals surface area contributed by atoms with Crippen molar-refractivity contribution < 1.29 is 14.2 Å². The minimum atomic E-state index is -0.824. The minimum absolute atomic E-state index is 0.269. The molecule has 1 N–H and O–H groups in total. The van der Waals surface area contributed by atoms with Gasteiger partial charge in [0.05, 0.1) is 24.3 Å². The number of hydrogen-bond acceptors (Lipinski definition) is 3. The Morgan fingerprint density at radius 2 is 2.26 bits per heavy atom. The van der Waals surface area contributed by atoms with Crippen LogP contribution in [0.1, 0.15) is 31.2 Å². The van der Waals surface area contributed by atoms with Crippen LogP contribution in [0.5, 0.6) is 5.75 Å². The highest BCUT2D eigenvalue weighted by Gasteiger charge is 2.09. The number of aryl methyl sites for hydroxylation is 1. The van der Waals surface area contributed by atoms with Crippen LogP contribution in [0.15, 0.2) is 30.7 Å². The first-order chi connectivity index (χ1) is 9.11. The summed E-state index contributed by atoms with van der Waals surface area (Å²) in [5.41, 5.74) is 1.20. The van der Waals surface area contributed by atoms with E-state index in [9.17, 15) is 9.50 Å². The number of benzene rings is 1. The Kier molecular flexibility index (Phi) is 4.16. The Morgan fingerprint density at radius 1 is 1.47 bits per heavy atom. The molecule has 0 aliphatic heterocycles. The molecule has 1 aromatic heterocycles. The maximum Gasteiger partial charge on any atom is 0.132 e. The van der Waals surface area contributed by atoms with Crippen molar-refractivity contribution in [2.45, 2.75) is 33.1 Å². The average Bonchev–Trinajstić information content (AvgIpc) is 2.83. The van der Waals surface area contributed by atoms with Crippen LogP contribution in [0.25, 0.3) is 0 Å². The van der Waals surface area contributed by atoms with Gasteiger partial charge in [-0.1, -0.05) is 0 Å². The molecule has 1 unspecified atom stereocenters. The summed E-state index contributed by atoms with van der Waals surface area (Å²) in [6.45, 7) is 4.69. The van der Waals surface area contributed by atoms with E-state index in [1.807, 2.05) is 11.5 Å². The summed E-state index contributed by atoms with van der Waals surface area (Å²) in [6.07, 6.45) is 2.63. The Labute approximate surface area is 111 Å². The van der Waals surface area contributed by atoms with Crippen molar-refractivity contribution in [1.29, 1.82) is 0 Å². The Morgan fingerprint density at radius 3 is 2.89 bits per heavy atom. The highest BCUT2D eigenvalue weighted by Crippen LogP contribution is 2.22. The third-order valence-corrected chi connectivity index (χ3v) is 2.95. The lowest BCUT2D eigenvalue weighted by molar-refractivity contribution is 0.193. The lowest BCUT2D eigenvalue weighted by Gasteiger charge is -2.10. The smallest absolute Gasteiger partial charge is 0.132 e. The van der Waals surface area contributed by atoms with Crippen LogP contribution in [0, 0.1) is 5.82 Å². The second-order valence-corrected chi connectivity index (χ2v) is 4.32. The van der Waals surface area contributed by atoms with E-state index in [0.717, 1.165) is 12.2 Å². The zero-order valence-electron chi connectivity index (χ0n) is 11.0. The molecule has 102 valence electrons. The van der Waals surface area contributed by atoms with Crippen molar-refractivity contribution in [2.75, 3.05) is 0 Å². The van der Waals surface area contributed by atoms with Crippen molar-refractivity contribution >= 4 is 0 Å². The molecule has 1 aromatic carbocycles. The maximum absolute atomic E-state index is 13.7. The van der Waals surface area contributed by atoms with E-state index in [0.29, 0.717) is 12.4 Å². The zero-order chi connectivity index (χ0) is 13.8. The highest BCUT2D eigenvalue weighted by molar-refractivity contribution is 5.30. The monoisotopic (exact) mass is 264 g/mol. The molecule has 0 saturated heterocycles. The van der Waals surface area contributed by atoms with Crippen LogP contribution in [-0.2, 0) is 13.2 Å². The third-order valence-electron chi connectivity index (χ3n) is 2.95. The molecular formula is C14H17FN2O2. The molecule has 19 heavy (non-hydrogen) atoms. The molecule has 1 heterocycles. The molecule has 2 aromatic rings. The molecule has 1 atom stereocenters. The third kappa shape index (κ3) is 3.12. The predicted octanol–water partition coefficient (Wildman–Crippen LogP) is 2.67. The van der Waals surface area contributed by atoms with Crippen molar-refractivity contribution in [3.05, 3.63) is 47.8 Å². The largest absolute Gasteiger partial charge is 0.487 e. The summed E-state index contributed by atoms with van der Waals surface area (Å²) in [7, 11) is 0. The summed E-state index contributed by atoms with van der Waals surface area (Å²) in [5, 5.41) is 9.35. The first kappa shape index (κ1) is 13.5. The SMILES string of the molecule is CCn1cncc1COc1ccc(C(C)O)c(F)c1. The predicted molar refractivity (Wildman–Crippen MR) is 69.3 cm³/mol. The Bertz CT molecular complexity index is 552. The number of nitrogens with zero attached hydrogens (tertiary/aromatic N) is 2. The van der Waals surface area contributed by atoms with Gasteiger partial charge in [-0.15, -0.1) is 0 Å². The fourth-order valence-corrected chi connectivity index (χ4v) is 1.85. The number of halogens is 1. The molecule has 0 aliphatic carbocycles. The number of aliphatic hydroxyl groups excluding tert-OH is 1. The van der Waals surface area contributed by atoms with Gasteiger partial charge in [0.1, 0.15) is 18.2 Å². The van der Waals surface area contributed by atoms with E-state index in [1.54, 1.807) is 18.6 Å².